The smallest absolute Gasteiger partial charge is 0.233 e. The minimum atomic E-state index is -0.0811. The third kappa shape index (κ3) is 2.01. The van der Waals surface area contributed by atoms with Crippen LogP contribution in [0.3, 0.4) is 0 Å². The number of aromatic nitrogens is 4. The van der Waals surface area contributed by atoms with Crippen molar-refractivity contribution in [2.45, 2.75) is 13.0 Å². The number of nitrogen functional groups attached to an aromatic ring is 1. The predicted octanol–water partition coefficient (Wildman–Crippen LogP) is 0.535. The van der Waals surface area contributed by atoms with Crippen LogP contribution in [0, 0.1) is 0 Å². The van der Waals surface area contributed by atoms with Gasteiger partial charge in [0.25, 0.3) is 0 Å². The average molecular weight is 279 g/mol. The Kier molecular flexibility index (Phi) is 2.63. The quantitative estimate of drug-likeness (QED) is 0.810. The van der Waals surface area contributed by atoms with E-state index in [1.165, 1.54) is 4.90 Å². The molecular weight excluding hydrogens is 268 g/mol. The summed E-state index contributed by atoms with van der Waals surface area (Å²) in [5.41, 5.74) is 6.97. The van der Waals surface area contributed by atoms with Gasteiger partial charge in [-0.05, 0) is 6.07 Å². The summed E-state index contributed by atoms with van der Waals surface area (Å²) in [6, 6.07) is 1.84. The van der Waals surface area contributed by atoms with Crippen LogP contribution in [0.15, 0.2) is 12.3 Å². The lowest BCUT2D eigenvalue weighted by Crippen LogP contribution is -2.27. The monoisotopic (exact) mass is 278 g/mol. The fraction of sp³-hybridized carbons (Fsp3) is 0.273. The number of fused-ring (bicyclic) bond motifs is 1. The Bertz CT molecular complexity index is 667. The molecule has 2 aromatic rings. The summed E-state index contributed by atoms with van der Waals surface area (Å²) in [5.74, 6) is 0.458. The molecule has 0 bridgehead atoms. The molecule has 0 radical (unpaired) electrons. The summed E-state index contributed by atoms with van der Waals surface area (Å²) in [7, 11) is 1.82. The summed E-state index contributed by atoms with van der Waals surface area (Å²) in [6.45, 7) is 0.347. The van der Waals surface area contributed by atoms with Crippen LogP contribution in [0.1, 0.15) is 11.3 Å². The van der Waals surface area contributed by atoms with E-state index >= 15 is 0 Å². The molecule has 8 heteroatoms. The Balaban J connectivity index is 1.98. The van der Waals surface area contributed by atoms with E-state index in [9.17, 15) is 4.79 Å². The molecule has 0 fully saturated rings. The Morgan fingerprint density at radius 2 is 2.26 bits per heavy atom. The van der Waals surface area contributed by atoms with Crippen molar-refractivity contribution in [3.63, 3.8) is 0 Å². The zero-order chi connectivity index (χ0) is 13.6. The van der Waals surface area contributed by atoms with Gasteiger partial charge < -0.3 is 5.73 Å². The van der Waals surface area contributed by atoms with Gasteiger partial charge in [0.1, 0.15) is 11.0 Å². The van der Waals surface area contributed by atoms with Crippen molar-refractivity contribution in [3.8, 4) is 0 Å². The number of carbonyl (C=O) groups is 1. The second-order valence-electron chi connectivity index (χ2n) is 4.31. The van der Waals surface area contributed by atoms with E-state index < -0.39 is 0 Å². The van der Waals surface area contributed by atoms with E-state index in [-0.39, 0.29) is 23.4 Å². The molecule has 0 aromatic carbocycles. The minimum Gasteiger partial charge on any atom is -0.368 e. The average Bonchev–Trinajstić information content (AvgIpc) is 2.87. The molecule has 3 heterocycles. The molecule has 19 heavy (non-hydrogen) atoms. The van der Waals surface area contributed by atoms with Crippen molar-refractivity contribution in [3.05, 3.63) is 28.7 Å². The van der Waals surface area contributed by atoms with Crippen molar-refractivity contribution in [1.29, 1.82) is 0 Å². The van der Waals surface area contributed by atoms with Gasteiger partial charge in [0.2, 0.25) is 11.9 Å². The number of nitrogens with two attached hydrogens (primary N) is 1. The summed E-state index contributed by atoms with van der Waals surface area (Å²) < 4.78 is 1.68. The summed E-state index contributed by atoms with van der Waals surface area (Å²) in [6.07, 6.45) is 2.01. The van der Waals surface area contributed by atoms with Gasteiger partial charge in [0.15, 0.2) is 0 Å². The van der Waals surface area contributed by atoms with Crippen LogP contribution in [0.5, 0.6) is 0 Å². The molecule has 0 aliphatic carbocycles. The highest BCUT2D eigenvalue weighted by Crippen LogP contribution is 2.32. The second kappa shape index (κ2) is 4.20. The van der Waals surface area contributed by atoms with Crippen LogP contribution < -0.4 is 10.6 Å². The van der Waals surface area contributed by atoms with Crippen molar-refractivity contribution in [2.75, 3.05) is 10.6 Å². The van der Waals surface area contributed by atoms with E-state index in [0.717, 1.165) is 5.69 Å². The van der Waals surface area contributed by atoms with E-state index in [1.807, 2.05) is 19.3 Å². The third-order valence-corrected chi connectivity index (χ3v) is 3.24. The SMILES string of the molecule is Cn1ccc(CN2C(=O)Cc3c(Cl)nc(N)nc32)n1. The van der Waals surface area contributed by atoms with E-state index in [1.54, 1.807) is 4.68 Å². The molecule has 7 nitrogen and oxygen atoms in total. The fourth-order valence-corrected chi connectivity index (χ4v) is 2.31. The lowest BCUT2D eigenvalue weighted by molar-refractivity contribution is -0.117. The molecule has 0 spiro atoms. The van der Waals surface area contributed by atoms with Gasteiger partial charge in [0, 0.05) is 18.8 Å². The third-order valence-electron chi connectivity index (χ3n) is 2.93. The molecule has 1 amide bonds. The maximum absolute atomic E-state index is 12.0. The Morgan fingerprint density at radius 3 is 2.95 bits per heavy atom. The summed E-state index contributed by atoms with van der Waals surface area (Å²) >= 11 is 5.98. The van der Waals surface area contributed by atoms with Gasteiger partial charge in [-0.25, -0.2) is 4.98 Å². The van der Waals surface area contributed by atoms with Crippen molar-refractivity contribution >= 4 is 29.3 Å². The molecule has 0 saturated heterocycles. The molecule has 3 rings (SSSR count). The zero-order valence-electron chi connectivity index (χ0n) is 10.2. The van der Waals surface area contributed by atoms with Crippen LogP contribution in [0.4, 0.5) is 11.8 Å². The van der Waals surface area contributed by atoms with Crippen LogP contribution in [0.25, 0.3) is 0 Å². The van der Waals surface area contributed by atoms with Gasteiger partial charge in [-0.2, -0.15) is 10.1 Å². The van der Waals surface area contributed by atoms with Gasteiger partial charge in [-0.3, -0.25) is 14.4 Å². The highest BCUT2D eigenvalue weighted by Gasteiger charge is 2.32. The molecular formula is C11H11ClN6O. The zero-order valence-corrected chi connectivity index (χ0v) is 10.9. The van der Waals surface area contributed by atoms with Gasteiger partial charge in [-0.1, -0.05) is 11.6 Å². The van der Waals surface area contributed by atoms with E-state index in [0.29, 0.717) is 17.9 Å². The fourth-order valence-electron chi connectivity index (χ4n) is 2.07. The van der Waals surface area contributed by atoms with E-state index in [4.69, 9.17) is 17.3 Å². The standard InChI is InChI=1S/C11H11ClN6O/c1-17-3-2-6(16-17)5-18-8(19)4-7-9(12)14-11(13)15-10(7)18/h2-3H,4-5H2,1H3,(H2,13,14,15). The first-order valence-corrected chi connectivity index (χ1v) is 6.03. The normalized spacial score (nSPS) is 14.0. The molecule has 2 N–H and O–H groups in total. The predicted molar refractivity (Wildman–Crippen MR) is 69.6 cm³/mol. The maximum atomic E-state index is 12.0. The highest BCUT2D eigenvalue weighted by molar-refractivity contribution is 6.31. The number of hydrogen-bond acceptors (Lipinski definition) is 5. The number of nitrogens with zero attached hydrogens (tertiary/aromatic N) is 5. The molecule has 0 saturated carbocycles. The Morgan fingerprint density at radius 1 is 1.47 bits per heavy atom. The molecule has 1 aliphatic rings. The Hall–Kier alpha value is -2.15. The largest absolute Gasteiger partial charge is 0.368 e. The number of halogens is 1. The maximum Gasteiger partial charge on any atom is 0.233 e. The minimum absolute atomic E-state index is 0.0597. The number of amides is 1. The van der Waals surface area contributed by atoms with Crippen LogP contribution in [-0.2, 0) is 24.8 Å². The summed E-state index contributed by atoms with van der Waals surface area (Å²) in [4.78, 5) is 21.5. The first kappa shape index (κ1) is 11.9. The summed E-state index contributed by atoms with van der Waals surface area (Å²) in [5, 5.41) is 4.48. The molecule has 0 atom stereocenters. The van der Waals surface area contributed by atoms with Crippen LogP contribution in [-0.4, -0.2) is 25.7 Å². The lowest BCUT2D eigenvalue weighted by Gasteiger charge is -2.15. The van der Waals surface area contributed by atoms with Gasteiger partial charge in [-0.15, -0.1) is 0 Å². The second-order valence-corrected chi connectivity index (χ2v) is 4.67. The first-order chi connectivity index (χ1) is 9.04. The molecule has 2 aromatic heterocycles. The van der Waals surface area contributed by atoms with Crippen molar-refractivity contribution in [2.24, 2.45) is 7.05 Å². The molecule has 0 unspecified atom stereocenters. The van der Waals surface area contributed by atoms with Crippen LogP contribution >= 0.6 is 11.6 Å². The lowest BCUT2D eigenvalue weighted by atomic mass is 10.3. The van der Waals surface area contributed by atoms with Crippen LogP contribution in [0.2, 0.25) is 5.15 Å². The number of anilines is 2. The first-order valence-electron chi connectivity index (χ1n) is 5.65. The van der Waals surface area contributed by atoms with Crippen molar-refractivity contribution < 1.29 is 4.79 Å². The number of rotatable bonds is 2. The highest BCUT2D eigenvalue weighted by atomic mass is 35.5. The van der Waals surface area contributed by atoms with E-state index in [2.05, 4.69) is 15.1 Å². The topological polar surface area (TPSA) is 89.9 Å². The van der Waals surface area contributed by atoms with Gasteiger partial charge in [0.05, 0.1) is 18.7 Å². The number of aryl methyl sites for hydroxylation is 1. The number of carbonyl (C=O) groups excluding carboxylic acids is 1. The molecule has 98 valence electrons. The number of hydrogen-bond donors (Lipinski definition) is 1. The van der Waals surface area contributed by atoms with Crippen molar-refractivity contribution in [1.82, 2.24) is 19.7 Å². The van der Waals surface area contributed by atoms with Gasteiger partial charge >= 0.3 is 0 Å². The Labute approximate surface area is 114 Å². The molecule has 1 aliphatic heterocycles.